The molecule has 3 rings (SSSR count). The molecule has 0 unspecified atom stereocenters. The number of carbonyl (C=O) groups excluding carboxylic acids is 1. The second kappa shape index (κ2) is 5.68. The molecule has 1 fully saturated rings. The van der Waals surface area contributed by atoms with Crippen LogP contribution in [0.15, 0.2) is 54.9 Å². The van der Waals surface area contributed by atoms with E-state index in [1.807, 2.05) is 48.5 Å². The number of rotatable bonds is 4. The van der Waals surface area contributed by atoms with E-state index in [9.17, 15) is 4.79 Å². The van der Waals surface area contributed by atoms with Gasteiger partial charge in [0.2, 0.25) is 5.91 Å². The highest BCUT2D eigenvalue weighted by molar-refractivity contribution is 5.89. The Kier molecular flexibility index (Phi) is 3.74. The van der Waals surface area contributed by atoms with Gasteiger partial charge in [-0.3, -0.25) is 9.78 Å². The number of hydrogen-bond donors (Lipinski definition) is 0. The molecule has 108 valence electrons. The summed E-state index contributed by atoms with van der Waals surface area (Å²) in [7, 11) is 1.89. The normalized spacial score (nSPS) is 16.0. The van der Waals surface area contributed by atoms with Crippen molar-refractivity contribution in [1.29, 1.82) is 0 Å². The Hall–Kier alpha value is -2.16. The van der Waals surface area contributed by atoms with E-state index in [1.54, 1.807) is 6.20 Å². The van der Waals surface area contributed by atoms with Crippen LogP contribution in [0.5, 0.6) is 0 Å². The average molecular weight is 280 g/mol. The standard InChI is InChI=1S/C18H20N2O/c1-20(14-15-7-5-12-19-13-15)17(21)18(10-6-11-18)16-8-3-2-4-9-16/h2-5,7-9,12-13H,6,10-11,14H2,1H3. The van der Waals surface area contributed by atoms with Crippen LogP contribution in [0.25, 0.3) is 0 Å². The number of aromatic nitrogens is 1. The summed E-state index contributed by atoms with van der Waals surface area (Å²) in [6.07, 6.45) is 6.60. The third kappa shape index (κ3) is 2.56. The maximum atomic E-state index is 13.0. The number of carbonyl (C=O) groups is 1. The number of likely N-dealkylation sites (N-methyl/N-ethyl adjacent to an activating group) is 1. The van der Waals surface area contributed by atoms with Gasteiger partial charge >= 0.3 is 0 Å². The van der Waals surface area contributed by atoms with E-state index in [0.29, 0.717) is 6.54 Å². The first kappa shape index (κ1) is 13.8. The number of pyridine rings is 1. The lowest BCUT2D eigenvalue weighted by Gasteiger charge is -2.43. The molecule has 1 amide bonds. The van der Waals surface area contributed by atoms with Gasteiger partial charge in [-0.2, -0.15) is 0 Å². The molecule has 1 aromatic carbocycles. The smallest absolute Gasteiger partial charge is 0.233 e. The number of hydrogen-bond acceptors (Lipinski definition) is 2. The van der Waals surface area contributed by atoms with Crippen LogP contribution in [0.2, 0.25) is 0 Å². The van der Waals surface area contributed by atoms with E-state index in [0.717, 1.165) is 30.4 Å². The van der Waals surface area contributed by atoms with Crippen molar-refractivity contribution in [3.05, 3.63) is 66.0 Å². The summed E-state index contributed by atoms with van der Waals surface area (Å²) >= 11 is 0. The van der Waals surface area contributed by atoms with Crippen molar-refractivity contribution in [3.63, 3.8) is 0 Å². The minimum absolute atomic E-state index is 0.226. The summed E-state index contributed by atoms with van der Waals surface area (Å²) in [6, 6.07) is 14.1. The first-order valence-electron chi connectivity index (χ1n) is 7.42. The van der Waals surface area contributed by atoms with Crippen LogP contribution in [0.3, 0.4) is 0 Å². The lowest BCUT2D eigenvalue weighted by atomic mass is 9.63. The fraction of sp³-hybridized carbons (Fsp3) is 0.333. The third-order valence-electron chi connectivity index (χ3n) is 4.43. The Morgan fingerprint density at radius 3 is 2.52 bits per heavy atom. The molecule has 1 aromatic heterocycles. The van der Waals surface area contributed by atoms with Crippen molar-refractivity contribution in [3.8, 4) is 0 Å². The zero-order chi connectivity index (χ0) is 14.7. The number of amides is 1. The molecule has 0 bridgehead atoms. The molecule has 21 heavy (non-hydrogen) atoms. The van der Waals surface area contributed by atoms with E-state index in [1.165, 1.54) is 0 Å². The summed E-state index contributed by atoms with van der Waals surface area (Å²) in [6.45, 7) is 0.612. The first-order chi connectivity index (χ1) is 10.2. The van der Waals surface area contributed by atoms with E-state index in [-0.39, 0.29) is 11.3 Å². The summed E-state index contributed by atoms with van der Waals surface area (Å²) in [5.74, 6) is 0.226. The number of benzene rings is 1. The topological polar surface area (TPSA) is 33.2 Å². The lowest BCUT2D eigenvalue weighted by Crippen LogP contribution is -2.49. The molecule has 3 nitrogen and oxygen atoms in total. The van der Waals surface area contributed by atoms with Crippen LogP contribution < -0.4 is 0 Å². The molecule has 3 heteroatoms. The van der Waals surface area contributed by atoms with Gasteiger partial charge in [0, 0.05) is 26.0 Å². The molecule has 1 aliphatic rings. The number of nitrogens with zero attached hydrogens (tertiary/aromatic N) is 2. The average Bonchev–Trinajstić information content (AvgIpc) is 2.48. The van der Waals surface area contributed by atoms with Gasteiger partial charge in [0.05, 0.1) is 5.41 Å². The molecule has 0 N–H and O–H groups in total. The molecule has 0 atom stereocenters. The third-order valence-corrected chi connectivity index (χ3v) is 4.43. The van der Waals surface area contributed by atoms with Crippen molar-refractivity contribution in [2.24, 2.45) is 0 Å². The summed E-state index contributed by atoms with van der Waals surface area (Å²) in [5, 5.41) is 0. The van der Waals surface area contributed by atoms with Crippen LogP contribution in [0, 0.1) is 0 Å². The molecular formula is C18H20N2O. The van der Waals surface area contributed by atoms with E-state index >= 15 is 0 Å². The van der Waals surface area contributed by atoms with Crippen molar-refractivity contribution >= 4 is 5.91 Å². The highest BCUT2D eigenvalue weighted by atomic mass is 16.2. The van der Waals surface area contributed by atoms with Gasteiger partial charge < -0.3 is 4.90 Å². The Morgan fingerprint density at radius 1 is 1.19 bits per heavy atom. The van der Waals surface area contributed by atoms with Gasteiger partial charge in [0.25, 0.3) is 0 Å². The van der Waals surface area contributed by atoms with Gasteiger partial charge in [-0.15, -0.1) is 0 Å². The Balaban J connectivity index is 1.80. The fourth-order valence-electron chi connectivity index (χ4n) is 3.12. The van der Waals surface area contributed by atoms with Gasteiger partial charge in [-0.25, -0.2) is 0 Å². The lowest BCUT2D eigenvalue weighted by molar-refractivity contribution is -0.140. The fourth-order valence-corrected chi connectivity index (χ4v) is 3.12. The van der Waals surface area contributed by atoms with E-state index in [4.69, 9.17) is 0 Å². The molecule has 0 radical (unpaired) electrons. The minimum Gasteiger partial charge on any atom is -0.341 e. The largest absolute Gasteiger partial charge is 0.341 e. The quantitative estimate of drug-likeness (QED) is 0.862. The molecule has 1 aliphatic carbocycles. The molecule has 0 aliphatic heterocycles. The van der Waals surface area contributed by atoms with E-state index in [2.05, 4.69) is 17.1 Å². The van der Waals surface area contributed by atoms with E-state index < -0.39 is 0 Å². The summed E-state index contributed by atoms with van der Waals surface area (Å²) in [5.41, 5.74) is 1.91. The maximum Gasteiger partial charge on any atom is 0.233 e. The molecule has 1 saturated carbocycles. The van der Waals surface area contributed by atoms with Crippen LogP contribution in [-0.4, -0.2) is 22.8 Å². The van der Waals surface area contributed by atoms with Crippen molar-refractivity contribution < 1.29 is 4.79 Å². The second-order valence-electron chi connectivity index (χ2n) is 5.82. The first-order valence-corrected chi connectivity index (χ1v) is 7.42. The Bertz CT molecular complexity index is 606. The highest BCUT2D eigenvalue weighted by Crippen LogP contribution is 2.45. The van der Waals surface area contributed by atoms with Crippen LogP contribution in [0.1, 0.15) is 30.4 Å². The van der Waals surface area contributed by atoms with Crippen molar-refractivity contribution in [1.82, 2.24) is 9.88 Å². The molecule has 0 spiro atoms. The molecule has 1 heterocycles. The predicted octanol–water partition coefficient (Wildman–Crippen LogP) is 3.16. The Labute approximate surface area is 125 Å². The van der Waals surface area contributed by atoms with Crippen LogP contribution in [0.4, 0.5) is 0 Å². The van der Waals surface area contributed by atoms with Gasteiger partial charge in [-0.1, -0.05) is 42.8 Å². The second-order valence-corrected chi connectivity index (χ2v) is 5.82. The van der Waals surface area contributed by atoms with Gasteiger partial charge in [-0.05, 0) is 30.0 Å². The monoisotopic (exact) mass is 280 g/mol. The molecule has 0 saturated heterocycles. The zero-order valence-corrected chi connectivity index (χ0v) is 12.3. The van der Waals surface area contributed by atoms with Crippen molar-refractivity contribution in [2.45, 2.75) is 31.2 Å². The molecule has 2 aromatic rings. The van der Waals surface area contributed by atoms with Gasteiger partial charge in [0.1, 0.15) is 0 Å². The SMILES string of the molecule is CN(Cc1cccnc1)C(=O)C1(c2ccccc2)CCC1. The Morgan fingerprint density at radius 2 is 1.95 bits per heavy atom. The predicted molar refractivity (Wildman–Crippen MR) is 82.7 cm³/mol. The van der Waals surface area contributed by atoms with Crippen molar-refractivity contribution in [2.75, 3.05) is 7.05 Å². The summed E-state index contributed by atoms with van der Waals surface area (Å²) in [4.78, 5) is 18.9. The highest BCUT2D eigenvalue weighted by Gasteiger charge is 2.46. The van der Waals surface area contributed by atoms with Crippen LogP contribution in [-0.2, 0) is 16.8 Å². The maximum absolute atomic E-state index is 13.0. The zero-order valence-electron chi connectivity index (χ0n) is 12.3. The minimum atomic E-state index is -0.307. The molecular weight excluding hydrogens is 260 g/mol. The summed E-state index contributed by atoms with van der Waals surface area (Å²) < 4.78 is 0. The van der Waals surface area contributed by atoms with Crippen LogP contribution >= 0.6 is 0 Å². The van der Waals surface area contributed by atoms with Gasteiger partial charge in [0.15, 0.2) is 0 Å².